The van der Waals surface area contributed by atoms with E-state index in [9.17, 15) is 32.4 Å². The fourth-order valence-electron chi connectivity index (χ4n) is 3.89. The highest BCUT2D eigenvalue weighted by atomic mass is 32.2. The molecule has 0 saturated heterocycles. The lowest BCUT2D eigenvalue weighted by Gasteiger charge is -2.27. The second-order valence-corrected chi connectivity index (χ2v) is 15.1. The second-order valence-electron chi connectivity index (χ2n) is 13.1. The minimum Gasteiger partial charge on any atom is -0.461 e. The van der Waals surface area contributed by atoms with Crippen LogP contribution in [0.25, 0.3) is 0 Å². The van der Waals surface area contributed by atoms with Crippen LogP contribution in [0.15, 0.2) is 41.8 Å². The van der Waals surface area contributed by atoms with Crippen molar-refractivity contribution in [1.29, 1.82) is 0 Å². The van der Waals surface area contributed by atoms with E-state index in [0.717, 1.165) is 23.3 Å². The van der Waals surface area contributed by atoms with Gasteiger partial charge in [-0.15, -0.1) is 0 Å². The molecular weight excluding hydrogens is 604 g/mol. The summed E-state index contributed by atoms with van der Waals surface area (Å²) in [7, 11) is -3.59. The molecule has 0 saturated carbocycles. The van der Waals surface area contributed by atoms with Crippen molar-refractivity contribution >= 4 is 39.6 Å². The van der Waals surface area contributed by atoms with Crippen molar-refractivity contribution in [1.82, 2.24) is 10.6 Å². The summed E-state index contributed by atoms with van der Waals surface area (Å²) in [5.41, 5.74) is -0.914. The minimum atomic E-state index is -3.59. The van der Waals surface area contributed by atoms with Gasteiger partial charge in [-0.1, -0.05) is 50.3 Å². The highest BCUT2D eigenvalue weighted by Gasteiger charge is 2.33. The van der Waals surface area contributed by atoms with Gasteiger partial charge in [0.25, 0.3) is 0 Å². The molecule has 2 amide bonds. The molecule has 0 aliphatic carbocycles. The standard InChI is InChI=1S/C32H48N2O10S/c1-21(2)28(30(39)33-24(15-16-45(9,40)41)19-27(37)44-32(6,7)8)34-29(38)23(18-26(36)43-31(3,4)5)17-25(35)42-20-22-13-11-10-12-14-22/h10-16,21,23-24,28H,17-20H2,1-9H3,(H,33,39)(H,34,38)/b16-15+/t23-,24+,28-/m0/s1. The molecule has 2 N–H and O–H groups in total. The maximum atomic E-state index is 13.5. The van der Waals surface area contributed by atoms with Gasteiger partial charge in [0.1, 0.15) is 23.9 Å². The van der Waals surface area contributed by atoms with E-state index in [-0.39, 0.29) is 13.0 Å². The van der Waals surface area contributed by atoms with Crippen LogP contribution in [0.2, 0.25) is 0 Å². The van der Waals surface area contributed by atoms with E-state index in [1.54, 1.807) is 79.7 Å². The Bertz CT molecular complexity index is 1310. The van der Waals surface area contributed by atoms with Crippen molar-refractivity contribution < 1.29 is 46.6 Å². The van der Waals surface area contributed by atoms with Gasteiger partial charge >= 0.3 is 17.9 Å². The smallest absolute Gasteiger partial charge is 0.308 e. The largest absolute Gasteiger partial charge is 0.461 e. The number of ether oxygens (including phenoxy) is 3. The van der Waals surface area contributed by atoms with Gasteiger partial charge in [0.2, 0.25) is 11.8 Å². The molecule has 0 heterocycles. The fraction of sp³-hybridized carbons (Fsp3) is 0.594. The van der Waals surface area contributed by atoms with E-state index < -0.39 is 87.5 Å². The lowest BCUT2D eigenvalue weighted by molar-refractivity contribution is -0.159. The maximum Gasteiger partial charge on any atom is 0.308 e. The van der Waals surface area contributed by atoms with E-state index in [4.69, 9.17) is 14.2 Å². The molecule has 0 spiro atoms. The summed E-state index contributed by atoms with van der Waals surface area (Å²) in [6.07, 6.45) is 0.840. The Hall–Kier alpha value is -3.74. The first-order chi connectivity index (χ1) is 20.5. The van der Waals surface area contributed by atoms with Crippen LogP contribution >= 0.6 is 0 Å². The number of rotatable bonds is 15. The van der Waals surface area contributed by atoms with Gasteiger partial charge in [-0.3, -0.25) is 24.0 Å². The van der Waals surface area contributed by atoms with E-state index in [1.165, 1.54) is 0 Å². The molecule has 12 nitrogen and oxygen atoms in total. The maximum absolute atomic E-state index is 13.5. The van der Waals surface area contributed by atoms with Gasteiger partial charge in [0.05, 0.1) is 31.2 Å². The first-order valence-electron chi connectivity index (χ1n) is 14.7. The van der Waals surface area contributed by atoms with Crippen molar-refractivity contribution in [2.75, 3.05) is 6.26 Å². The van der Waals surface area contributed by atoms with Gasteiger partial charge in [0, 0.05) is 11.7 Å². The number of nitrogens with one attached hydrogen (secondary N) is 2. The zero-order chi connectivity index (χ0) is 34.6. The summed E-state index contributed by atoms with van der Waals surface area (Å²) in [6, 6.07) is 6.67. The van der Waals surface area contributed by atoms with E-state index in [1.807, 2.05) is 6.07 Å². The number of esters is 3. The Balaban J connectivity index is 3.16. The molecule has 252 valence electrons. The molecule has 0 bridgehead atoms. The SMILES string of the molecule is CC(C)[C@H](NC(=O)[C@@H](CC(=O)OCc1ccccc1)CC(=O)OC(C)(C)C)C(=O)N[C@H](/C=C/S(C)(=O)=O)CC(=O)OC(C)(C)C. The van der Waals surface area contributed by atoms with Crippen LogP contribution in [0, 0.1) is 11.8 Å². The van der Waals surface area contributed by atoms with Crippen LogP contribution in [0.4, 0.5) is 0 Å². The van der Waals surface area contributed by atoms with Gasteiger partial charge in [-0.05, 0) is 53.0 Å². The van der Waals surface area contributed by atoms with Crippen LogP contribution in [0.1, 0.15) is 80.2 Å². The molecule has 0 unspecified atom stereocenters. The molecular formula is C32H48N2O10S. The monoisotopic (exact) mass is 652 g/mol. The zero-order valence-electron chi connectivity index (χ0n) is 27.7. The predicted octanol–water partition coefficient (Wildman–Crippen LogP) is 3.38. The van der Waals surface area contributed by atoms with Crippen molar-refractivity contribution in [3.63, 3.8) is 0 Å². The van der Waals surface area contributed by atoms with Crippen LogP contribution in [0.5, 0.6) is 0 Å². The number of carbonyl (C=O) groups excluding carboxylic acids is 5. The molecule has 0 radical (unpaired) electrons. The Morgan fingerprint density at radius 2 is 1.29 bits per heavy atom. The Kier molecular flexibility index (Phi) is 14.9. The number of sulfone groups is 1. The van der Waals surface area contributed by atoms with E-state index in [2.05, 4.69) is 10.6 Å². The number of amides is 2. The molecule has 0 aromatic heterocycles. The van der Waals surface area contributed by atoms with Gasteiger partial charge in [-0.25, -0.2) is 8.42 Å². The summed E-state index contributed by atoms with van der Waals surface area (Å²) in [5.74, 6) is -5.30. The third-order valence-electron chi connectivity index (χ3n) is 5.80. The third kappa shape index (κ3) is 18.0. The Morgan fingerprint density at radius 1 is 0.778 bits per heavy atom. The first-order valence-corrected chi connectivity index (χ1v) is 16.6. The topological polar surface area (TPSA) is 171 Å². The van der Waals surface area contributed by atoms with Crippen molar-refractivity contribution in [2.24, 2.45) is 11.8 Å². The number of carbonyl (C=O) groups is 5. The van der Waals surface area contributed by atoms with Gasteiger partial charge < -0.3 is 24.8 Å². The average molecular weight is 653 g/mol. The van der Waals surface area contributed by atoms with Crippen LogP contribution < -0.4 is 10.6 Å². The third-order valence-corrected chi connectivity index (χ3v) is 6.45. The molecule has 0 aliphatic heterocycles. The van der Waals surface area contributed by atoms with Crippen molar-refractivity contribution in [3.05, 3.63) is 47.4 Å². The molecule has 13 heteroatoms. The summed E-state index contributed by atoms with van der Waals surface area (Å²) >= 11 is 0. The summed E-state index contributed by atoms with van der Waals surface area (Å²) in [4.78, 5) is 64.7. The van der Waals surface area contributed by atoms with Crippen LogP contribution in [-0.4, -0.2) is 67.7 Å². The number of hydrogen-bond acceptors (Lipinski definition) is 10. The number of hydrogen-bond donors (Lipinski definition) is 2. The van der Waals surface area contributed by atoms with Crippen molar-refractivity contribution in [2.45, 2.75) is 105 Å². The normalized spacial score (nSPS) is 14.3. The summed E-state index contributed by atoms with van der Waals surface area (Å²) in [5, 5.41) is 6.07. The molecule has 1 rings (SSSR count). The average Bonchev–Trinajstić information content (AvgIpc) is 2.86. The molecule has 1 aromatic rings. The van der Waals surface area contributed by atoms with E-state index in [0.29, 0.717) is 0 Å². The van der Waals surface area contributed by atoms with Crippen molar-refractivity contribution in [3.8, 4) is 0 Å². The molecule has 45 heavy (non-hydrogen) atoms. The fourth-order valence-corrected chi connectivity index (χ4v) is 4.36. The van der Waals surface area contributed by atoms with E-state index >= 15 is 0 Å². The highest BCUT2D eigenvalue weighted by molar-refractivity contribution is 7.93. The Labute approximate surface area is 266 Å². The lowest BCUT2D eigenvalue weighted by atomic mass is 9.97. The zero-order valence-corrected chi connectivity index (χ0v) is 28.5. The second kappa shape index (κ2) is 17.1. The summed E-state index contributed by atoms with van der Waals surface area (Å²) in [6.45, 7) is 13.3. The minimum absolute atomic E-state index is 0.0302. The molecule has 3 atom stereocenters. The summed E-state index contributed by atoms with van der Waals surface area (Å²) < 4.78 is 39.5. The van der Waals surface area contributed by atoms with Crippen LogP contribution in [0.3, 0.4) is 0 Å². The highest BCUT2D eigenvalue weighted by Crippen LogP contribution is 2.18. The molecule has 1 aromatic carbocycles. The predicted molar refractivity (Wildman–Crippen MR) is 168 cm³/mol. The quantitative estimate of drug-likeness (QED) is 0.211. The van der Waals surface area contributed by atoms with Crippen LogP contribution in [-0.2, 0) is 54.6 Å². The van der Waals surface area contributed by atoms with Gasteiger partial charge in [-0.2, -0.15) is 0 Å². The molecule has 0 aliphatic rings. The first kappa shape index (κ1) is 39.3. The Morgan fingerprint density at radius 3 is 1.78 bits per heavy atom. The number of benzene rings is 1. The lowest BCUT2D eigenvalue weighted by Crippen LogP contribution is -2.53. The van der Waals surface area contributed by atoms with Gasteiger partial charge in [0.15, 0.2) is 9.84 Å². The molecule has 0 fully saturated rings.